The molecular formula is C18H17ClN4O5S2. The Labute approximate surface area is 181 Å². The highest BCUT2D eigenvalue weighted by molar-refractivity contribution is 7.94. The normalized spacial score (nSPS) is 14.7. The van der Waals surface area contributed by atoms with Crippen LogP contribution in [0.25, 0.3) is 11.4 Å². The molecule has 1 N–H and O–H groups in total. The number of aromatic nitrogens is 2. The van der Waals surface area contributed by atoms with Gasteiger partial charge >= 0.3 is 11.8 Å². The largest absolute Gasteiger partial charge is 0.378 e. The van der Waals surface area contributed by atoms with E-state index in [0.29, 0.717) is 48.1 Å². The molecule has 1 aliphatic heterocycles. The second-order valence-electron chi connectivity index (χ2n) is 6.55. The molecule has 0 radical (unpaired) electrons. The topological polar surface area (TPSA) is 115 Å². The maximum atomic E-state index is 12.7. The van der Waals surface area contributed by atoms with Crippen LogP contribution in [-0.2, 0) is 14.8 Å². The Kier molecular flexibility index (Phi) is 5.78. The summed E-state index contributed by atoms with van der Waals surface area (Å²) >= 11 is 6.93. The van der Waals surface area contributed by atoms with Crippen LogP contribution >= 0.6 is 22.9 Å². The summed E-state index contributed by atoms with van der Waals surface area (Å²) < 4.78 is 38.4. The number of nitrogens with one attached hydrogen (secondary N) is 1. The van der Waals surface area contributed by atoms with Crippen molar-refractivity contribution in [1.82, 2.24) is 15.0 Å². The van der Waals surface area contributed by atoms with Crippen molar-refractivity contribution < 1.29 is 22.5 Å². The zero-order valence-corrected chi connectivity index (χ0v) is 18.2. The van der Waals surface area contributed by atoms with Crippen molar-refractivity contribution in [2.75, 3.05) is 31.0 Å². The number of carbonyl (C=O) groups is 1. The van der Waals surface area contributed by atoms with Crippen LogP contribution in [0.2, 0.25) is 5.02 Å². The maximum Gasteiger partial charge on any atom is 0.316 e. The van der Waals surface area contributed by atoms with Gasteiger partial charge in [0.05, 0.1) is 18.9 Å². The summed E-state index contributed by atoms with van der Waals surface area (Å²) in [5.74, 6) is -0.371. The number of aryl methyl sites for hydroxylation is 1. The number of nitrogens with zero attached hydrogens (tertiary/aromatic N) is 3. The van der Waals surface area contributed by atoms with Gasteiger partial charge in [0.2, 0.25) is 5.82 Å². The Morgan fingerprint density at radius 2 is 2.03 bits per heavy atom. The zero-order chi connectivity index (χ0) is 21.3. The van der Waals surface area contributed by atoms with E-state index in [4.69, 9.17) is 20.9 Å². The van der Waals surface area contributed by atoms with Gasteiger partial charge < -0.3 is 14.2 Å². The highest BCUT2D eigenvalue weighted by atomic mass is 35.5. The molecule has 158 valence electrons. The SMILES string of the molecule is Cc1cc(Cl)ccc1NS(=O)(=O)c1cc(-c2noc(C(=O)N3CCOCC3)n2)cs1. The van der Waals surface area contributed by atoms with Gasteiger partial charge in [-0.05, 0) is 36.8 Å². The molecule has 0 aliphatic carbocycles. The lowest BCUT2D eigenvalue weighted by Gasteiger charge is -2.25. The summed E-state index contributed by atoms with van der Waals surface area (Å²) in [6.07, 6.45) is 0. The van der Waals surface area contributed by atoms with Crippen molar-refractivity contribution in [2.24, 2.45) is 0 Å². The molecule has 4 rings (SSSR count). The summed E-state index contributed by atoms with van der Waals surface area (Å²) in [5.41, 5.74) is 1.58. The monoisotopic (exact) mass is 468 g/mol. The van der Waals surface area contributed by atoms with Crippen molar-refractivity contribution in [3.63, 3.8) is 0 Å². The van der Waals surface area contributed by atoms with E-state index in [1.54, 1.807) is 35.4 Å². The second-order valence-corrected chi connectivity index (χ2v) is 9.80. The van der Waals surface area contributed by atoms with E-state index >= 15 is 0 Å². The number of amides is 1. The molecule has 0 saturated carbocycles. The number of carbonyl (C=O) groups excluding carboxylic acids is 1. The Morgan fingerprint density at radius 3 is 2.77 bits per heavy atom. The van der Waals surface area contributed by atoms with Gasteiger partial charge in [-0.2, -0.15) is 4.98 Å². The highest BCUT2D eigenvalue weighted by Crippen LogP contribution is 2.29. The smallest absolute Gasteiger partial charge is 0.316 e. The third-order valence-corrected chi connectivity index (χ3v) is 7.48. The van der Waals surface area contributed by atoms with Crippen molar-refractivity contribution in [1.29, 1.82) is 0 Å². The fourth-order valence-electron chi connectivity index (χ4n) is 2.84. The number of sulfonamides is 1. The van der Waals surface area contributed by atoms with Gasteiger partial charge in [0.25, 0.3) is 10.0 Å². The zero-order valence-electron chi connectivity index (χ0n) is 15.8. The molecule has 1 aliphatic rings. The average molecular weight is 469 g/mol. The summed E-state index contributed by atoms with van der Waals surface area (Å²) in [6, 6.07) is 6.32. The minimum Gasteiger partial charge on any atom is -0.378 e. The van der Waals surface area contributed by atoms with E-state index in [9.17, 15) is 13.2 Å². The molecule has 2 aromatic heterocycles. The molecule has 1 fully saturated rings. The molecule has 1 aromatic carbocycles. The van der Waals surface area contributed by atoms with E-state index in [0.717, 1.165) is 11.3 Å². The fraction of sp³-hybridized carbons (Fsp3) is 0.278. The molecule has 1 saturated heterocycles. The van der Waals surface area contributed by atoms with Gasteiger partial charge in [-0.3, -0.25) is 9.52 Å². The van der Waals surface area contributed by atoms with Gasteiger partial charge in [-0.25, -0.2) is 8.42 Å². The molecule has 9 nitrogen and oxygen atoms in total. The van der Waals surface area contributed by atoms with Gasteiger partial charge in [0.1, 0.15) is 4.21 Å². The first-order valence-corrected chi connectivity index (χ1v) is 11.7. The minimum atomic E-state index is -3.81. The van der Waals surface area contributed by atoms with Crippen LogP contribution < -0.4 is 4.72 Å². The summed E-state index contributed by atoms with van der Waals surface area (Å²) in [6.45, 7) is 3.58. The molecule has 3 heterocycles. The van der Waals surface area contributed by atoms with Crippen LogP contribution in [0.15, 0.2) is 38.4 Å². The minimum absolute atomic E-state index is 0.0812. The number of ether oxygens (including phenoxy) is 1. The van der Waals surface area contributed by atoms with E-state index in [1.807, 2.05) is 0 Å². The standard InChI is InChI=1S/C18H17ClN4O5S2/c1-11-8-13(19)2-3-14(11)22-30(25,26)15-9-12(10-29-15)16-20-17(28-21-16)18(24)23-4-6-27-7-5-23/h2-3,8-10,22H,4-7H2,1H3. The third-order valence-electron chi connectivity index (χ3n) is 4.44. The van der Waals surface area contributed by atoms with E-state index in [2.05, 4.69) is 14.9 Å². The van der Waals surface area contributed by atoms with E-state index < -0.39 is 10.0 Å². The number of hydrogen-bond donors (Lipinski definition) is 1. The summed E-state index contributed by atoms with van der Waals surface area (Å²) in [4.78, 5) is 18.1. The Hall–Kier alpha value is -2.47. The first kappa shape index (κ1) is 20.8. The number of halogens is 1. The number of morpholine rings is 1. The Balaban J connectivity index is 1.52. The first-order valence-electron chi connectivity index (χ1n) is 8.92. The first-order chi connectivity index (χ1) is 14.3. The average Bonchev–Trinajstić information content (AvgIpc) is 3.40. The van der Waals surface area contributed by atoms with Crippen molar-refractivity contribution >= 4 is 44.6 Å². The second kappa shape index (κ2) is 8.34. The molecule has 0 atom stereocenters. The molecule has 0 unspecified atom stereocenters. The lowest BCUT2D eigenvalue weighted by molar-refractivity contribution is 0.0272. The molecule has 0 bridgehead atoms. The number of thiophene rings is 1. The van der Waals surface area contributed by atoms with Crippen molar-refractivity contribution in [2.45, 2.75) is 11.1 Å². The molecule has 30 heavy (non-hydrogen) atoms. The van der Waals surface area contributed by atoms with Gasteiger partial charge in [-0.15, -0.1) is 11.3 Å². The van der Waals surface area contributed by atoms with Crippen molar-refractivity contribution in [3.8, 4) is 11.4 Å². The summed E-state index contributed by atoms with van der Waals surface area (Å²) in [7, 11) is -3.81. The molecule has 12 heteroatoms. The van der Waals surface area contributed by atoms with Crippen molar-refractivity contribution in [3.05, 3.63) is 46.1 Å². The van der Waals surface area contributed by atoms with Gasteiger partial charge in [-0.1, -0.05) is 16.8 Å². The highest BCUT2D eigenvalue weighted by Gasteiger charge is 2.25. The van der Waals surface area contributed by atoms with Crippen LogP contribution in [0.4, 0.5) is 5.69 Å². The van der Waals surface area contributed by atoms with E-state index in [1.165, 1.54) is 6.07 Å². The summed E-state index contributed by atoms with van der Waals surface area (Å²) in [5, 5.41) is 5.93. The fourth-order valence-corrected chi connectivity index (χ4v) is 5.36. The lowest BCUT2D eigenvalue weighted by Crippen LogP contribution is -2.40. The number of hydrogen-bond acceptors (Lipinski definition) is 8. The predicted molar refractivity (Wildman–Crippen MR) is 111 cm³/mol. The predicted octanol–water partition coefficient (Wildman–Crippen LogP) is 3.03. The van der Waals surface area contributed by atoms with Gasteiger partial charge in [0.15, 0.2) is 0 Å². The Bertz CT molecular complexity index is 1180. The van der Waals surface area contributed by atoms with Gasteiger partial charge in [0, 0.05) is 29.1 Å². The van der Waals surface area contributed by atoms with Crippen LogP contribution in [0.1, 0.15) is 16.2 Å². The number of anilines is 1. The molecule has 0 spiro atoms. The third kappa shape index (κ3) is 4.33. The van der Waals surface area contributed by atoms with Crippen LogP contribution in [0, 0.1) is 6.92 Å². The van der Waals surface area contributed by atoms with Crippen LogP contribution in [0.3, 0.4) is 0 Å². The van der Waals surface area contributed by atoms with E-state index in [-0.39, 0.29) is 21.8 Å². The molecule has 3 aromatic rings. The van der Waals surface area contributed by atoms with Crippen LogP contribution in [0.5, 0.6) is 0 Å². The molecular weight excluding hydrogens is 452 g/mol. The van der Waals surface area contributed by atoms with Crippen LogP contribution in [-0.4, -0.2) is 55.7 Å². The number of benzene rings is 1. The lowest BCUT2D eigenvalue weighted by atomic mass is 10.2. The molecule has 1 amide bonds. The quantitative estimate of drug-likeness (QED) is 0.611. The maximum absolute atomic E-state index is 12.7. The Morgan fingerprint density at radius 1 is 1.27 bits per heavy atom. The number of rotatable bonds is 5.